The first kappa shape index (κ1) is 11.5. The van der Waals surface area contributed by atoms with E-state index in [4.69, 9.17) is 5.73 Å². The molecule has 0 fully saturated rings. The molecule has 0 aromatic carbocycles. The third-order valence-electron chi connectivity index (χ3n) is 2.05. The highest BCUT2D eigenvalue weighted by molar-refractivity contribution is 7.99. The summed E-state index contributed by atoms with van der Waals surface area (Å²) in [6.45, 7) is 2.76. The van der Waals surface area contributed by atoms with Crippen LogP contribution in [-0.2, 0) is 6.54 Å². The molecule has 0 bridgehead atoms. The first-order valence-electron chi connectivity index (χ1n) is 5.15. The van der Waals surface area contributed by atoms with Crippen LogP contribution in [0.5, 0.6) is 0 Å². The van der Waals surface area contributed by atoms with Gasteiger partial charge in [0.2, 0.25) is 0 Å². The molecule has 0 aliphatic heterocycles. The van der Waals surface area contributed by atoms with Gasteiger partial charge in [-0.15, -0.1) is 11.8 Å². The van der Waals surface area contributed by atoms with E-state index in [1.807, 2.05) is 17.8 Å². The van der Waals surface area contributed by atoms with Gasteiger partial charge in [0, 0.05) is 17.6 Å². The Balaban J connectivity index is 2.41. The van der Waals surface area contributed by atoms with E-state index in [2.05, 4.69) is 18.0 Å². The van der Waals surface area contributed by atoms with Crippen LogP contribution in [0.15, 0.2) is 23.2 Å². The molecule has 3 heteroatoms. The molecule has 14 heavy (non-hydrogen) atoms. The summed E-state index contributed by atoms with van der Waals surface area (Å²) in [5, 5.41) is 0. The standard InChI is InChI=1S/C11H18N2S/c1-2-3-4-8-14-11-6-5-7-13-10(11)9-12/h5-7H,2-4,8-9,12H2,1H3. The molecule has 0 radical (unpaired) electrons. The van der Waals surface area contributed by atoms with Gasteiger partial charge in [-0.1, -0.05) is 19.8 Å². The van der Waals surface area contributed by atoms with E-state index >= 15 is 0 Å². The van der Waals surface area contributed by atoms with Crippen molar-refractivity contribution in [2.45, 2.75) is 37.6 Å². The summed E-state index contributed by atoms with van der Waals surface area (Å²) in [5.74, 6) is 1.17. The fourth-order valence-electron chi connectivity index (χ4n) is 1.24. The topological polar surface area (TPSA) is 38.9 Å². The van der Waals surface area contributed by atoms with Crippen molar-refractivity contribution in [1.29, 1.82) is 0 Å². The second kappa shape index (κ2) is 6.85. The predicted molar refractivity (Wildman–Crippen MR) is 62.4 cm³/mol. The van der Waals surface area contributed by atoms with Gasteiger partial charge in [-0.05, 0) is 24.3 Å². The zero-order valence-electron chi connectivity index (χ0n) is 8.70. The molecule has 1 heterocycles. The van der Waals surface area contributed by atoms with Crippen LogP contribution in [0.3, 0.4) is 0 Å². The van der Waals surface area contributed by atoms with Crippen molar-refractivity contribution in [1.82, 2.24) is 4.98 Å². The average Bonchev–Trinajstić information content (AvgIpc) is 2.25. The maximum Gasteiger partial charge on any atom is 0.0674 e. The SMILES string of the molecule is CCCCCSc1cccnc1CN. The van der Waals surface area contributed by atoms with Gasteiger partial charge < -0.3 is 5.73 Å². The minimum atomic E-state index is 0.539. The molecule has 0 atom stereocenters. The van der Waals surface area contributed by atoms with Gasteiger partial charge in [0.25, 0.3) is 0 Å². The van der Waals surface area contributed by atoms with Crippen molar-refractivity contribution in [3.05, 3.63) is 24.0 Å². The van der Waals surface area contributed by atoms with Crippen LogP contribution in [0.2, 0.25) is 0 Å². The Bertz CT molecular complexity index is 263. The zero-order valence-corrected chi connectivity index (χ0v) is 9.52. The third-order valence-corrected chi connectivity index (χ3v) is 3.22. The number of rotatable bonds is 6. The van der Waals surface area contributed by atoms with Crippen molar-refractivity contribution in [2.75, 3.05) is 5.75 Å². The van der Waals surface area contributed by atoms with Crippen LogP contribution in [0.25, 0.3) is 0 Å². The van der Waals surface area contributed by atoms with Crippen molar-refractivity contribution >= 4 is 11.8 Å². The molecule has 0 saturated carbocycles. The molecule has 0 aliphatic rings. The smallest absolute Gasteiger partial charge is 0.0674 e. The molecule has 1 aromatic rings. The number of pyridine rings is 1. The predicted octanol–water partition coefficient (Wildman–Crippen LogP) is 2.82. The quantitative estimate of drug-likeness (QED) is 0.579. The van der Waals surface area contributed by atoms with E-state index in [1.54, 1.807) is 6.20 Å². The Morgan fingerprint density at radius 1 is 1.43 bits per heavy atom. The second-order valence-electron chi connectivity index (χ2n) is 3.21. The van der Waals surface area contributed by atoms with Gasteiger partial charge in [0.05, 0.1) is 5.69 Å². The minimum absolute atomic E-state index is 0.539. The monoisotopic (exact) mass is 210 g/mol. The van der Waals surface area contributed by atoms with Gasteiger partial charge in [0.15, 0.2) is 0 Å². The highest BCUT2D eigenvalue weighted by Crippen LogP contribution is 2.21. The van der Waals surface area contributed by atoms with E-state index < -0.39 is 0 Å². The van der Waals surface area contributed by atoms with Crippen LogP contribution < -0.4 is 5.73 Å². The van der Waals surface area contributed by atoms with E-state index in [0.717, 1.165) is 5.69 Å². The van der Waals surface area contributed by atoms with E-state index in [1.165, 1.54) is 29.9 Å². The maximum atomic E-state index is 5.61. The number of unbranched alkanes of at least 4 members (excludes halogenated alkanes) is 2. The second-order valence-corrected chi connectivity index (χ2v) is 4.34. The molecule has 0 unspecified atom stereocenters. The third kappa shape index (κ3) is 3.68. The lowest BCUT2D eigenvalue weighted by Crippen LogP contribution is -2.01. The highest BCUT2D eigenvalue weighted by atomic mass is 32.2. The average molecular weight is 210 g/mol. The van der Waals surface area contributed by atoms with Crippen molar-refractivity contribution in [3.63, 3.8) is 0 Å². The van der Waals surface area contributed by atoms with Gasteiger partial charge >= 0.3 is 0 Å². The van der Waals surface area contributed by atoms with Crippen LogP contribution in [0, 0.1) is 0 Å². The van der Waals surface area contributed by atoms with Gasteiger partial charge in [-0.2, -0.15) is 0 Å². The molecule has 0 spiro atoms. The first-order chi connectivity index (χ1) is 6.88. The lowest BCUT2D eigenvalue weighted by molar-refractivity contribution is 0.778. The van der Waals surface area contributed by atoms with E-state index in [-0.39, 0.29) is 0 Å². The number of aromatic nitrogens is 1. The molecule has 1 aromatic heterocycles. The van der Waals surface area contributed by atoms with Gasteiger partial charge in [-0.3, -0.25) is 4.98 Å². The Hall–Kier alpha value is -0.540. The van der Waals surface area contributed by atoms with Crippen LogP contribution in [0.1, 0.15) is 31.9 Å². The van der Waals surface area contributed by atoms with Gasteiger partial charge in [-0.25, -0.2) is 0 Å². The Morgan fingerprint density at radius 2 is 2.29 bits per heavy atom. The molecular weight excluding hydrogens is 192 g/mol. The van der Waals surface area contributed by atoms with Crippen molar-refractivity contribution in [2.24, 2.45) is 5.73 Å². The first-order valence-corrected chi connectivity index (χ1v) is 6.13. The lowest BCUT2D eigenvalue weighted by atomic mass is 10.3. The van der Waals surface area contributed by atoms with Crippen LogP contribution in [-0.4, -0.2) is 10.7 Å². The van der Waals surface area contributed by atoms with Crippen LogP contribution >= 0.6 is 11.8 Å². The number of hydrogen-bond acceptors (Lipinski definition) is 3. The molecule has 0 aliphatic carbocycles. The summed E-state index contributed by atoms with van der Waals surface area (Å²) in [6.07, 6.45) is 5.67. The fourth-order valence-corrected chi connectivity index (χ4v) is 2.29. The molecule has 1 rings (SSSR count). The number of hydrogen-bond donors (Lipinski definition) is 1. The Kier molecular flexibility index (Phi) is 5.64. The summed E-state index contributed by atoms with van der Waals surface area (Å²) in [6, 6.07) is 4.08. The van der Waals surface area contributed by atoms with E-state index in [9.17, 15) is 0 Å². The highest BCUT2D eigenvalue weighted by Gasteiger charge is 2.00. The summed E-state index contributed by atoms with van der Waals surface area (Å²) in [5.41, 5.74) is 6.63. The summed E-state index contributed by atoms with van der Waals surface area (Å²) in [7, 11) is 0. The molecule has 2 nitrogen and oxygen atoms in total. The summed E-state index contributed by atoms with van der Waals surface area (Å²) < 4.78 is 0. The van der Waals surface area contributed by atoms with Gasteiger partial charge in [0.1, 0.15) is 0 Å². The molecule has 2 N–H and O–H groups in total. The number of nitrogens with two attached hydrogens (primary N) is 1. The lowest BCUT2D eigenvalue weighted by Gasteiger charge is -2.05. The van der Waals surface area contributed by atoms with Crippen LogP contribution in [0.4, 0.5) is 0 Å². The molecular formula is C11H18N2S. The fraction of sp³-hybridized carbons (Fsp3) is 0.545. The Morgan fingerprint density at radius 3 is 3.00 bits per heavy atom. The van der Waals surface area contributed by atoms with Crippen molar-refractivity contribution in [3.8, 4) is 0 Å². The summed E-state index contributed by atoms with van der Waals surface area (Å²) in [4.78, 5) is 5.49. The molecule has 78 valence electrons. The maximum absolute atomic E-state index is 5.61. The zero-order chi connectivity index (χ0) is 10.2. The molecule has 0 saturated heterocycles. The summed E-state index contributed by atoms with van der Waals surface area (Å²) >= 11 is 1.87. The minimum Gasteiger partial charge on any atom is -0.325 e. The number of nitrogens with zero attached hydrogens (tertiary/aromatic N) is 1. The van der Waals surface area contributed by atoms with E-state index in [0.29, 0.717) is 6.54 Å². The van der Waals surface area contributed by atoms with Crippen molar-refractivity contribution < 1.29 is 0 Å². The largest absolute Gasteiger partial charge is 0.325 e. The number of thioether (sulfide) groups is 1. The normalized spacial score (nSPS) is 10.4. The Labute approximate surface area is 90.3 Å². The molecule has 0 amide bonds.